The summed E-state index contributed by atoms with van der Waals surface area (Å²) in [5.74, 6) is 0.868. The molecule has 0 radical (unpaired) electrons. The maximum atomic E-state index is 4.78. The molecule has 2 N–H and O–H groups in total. The summed E-state index contributed by atoms with van der Waals surface area (Å²) in [6, 6.07) is 1.11. The van der Waals surface area contributed by atoms with Crippen molar-refractivity contribution in [3.05, 3.63) is 11.1 Å². The Hall–Kier alpha value is -1.34. The van der Waals surface area contributed by atoms with E-state index < -0.39 is 0 Å². The van der Waals surface area contributed by atoms with E-state index in [4.69, 9.17) is 4.98 Å². The monoisotopic (exact) mass is 380 g/mol. The van der Waals surface area contributed by atoms with Gasteiger partial charge in [0.05, 0.1) is 5.69 Å². The maximum Gasteiger partial charge on any atom is 0.191 e. The van der Waals surface area contributed by atoms with E-state index in [0.29, 0.717) is 12.1 Å². The van der Waals surface area contributed by atoms with Crippen LogP contribution >= 0.6 is 11.3 Å². The summed E-state index contributed by atoms with van der Waals surface area (Å²) in [7, 11) is 1.83. The summed E-state index contributed by atoms with van der Waals surface area (Å²) in [4.78, 5) is 14.0. The van der Waals surface area contributed by atoms with Gasteiger partial charge in [0.1, 0.15) is 0 Å². The van der Waals surface area contributed by atoms with Crippen LogP contribution in [0.5, 0.6) is 0 Å². The van der Waals surface area contributed by atoms with Crippen molar-refractivity contribution in [1.29, 1.82) is 0 Å². The zero-order valence-electron chi connectivity index (χ0n) is 17.1. The van der Waals surface area contributed by atoms with Gasteiger partial charge in [0.2, 0.25) is 0 Å². The van der Waals surface area contributed by atoms with Gasteiger partial charge in [-0.05, 0) is 40.5 Å². The highest BCUT2D eigenvalue weighted by Gasteiger charge is 2.15. The maximum absolute atomic E-state index is 4.78. The number of nitrogens with zero attached hydrogens (tertiary/aromatic N) is 4. The summed E-state index contributed by atoms with van der Waals surface area (Å²) in [6.07, 6.45) is 3.52. The van der Waals surface area contributed by atoms with Crippen LogP contribution in [0.4, 0.5) is 5.13 Å². The van der Waals surface area contributed by atoms with Crippen molar-refractivity contribution < 1.29 is 0 Å². The van der Waals surface area contributed by atoms with E-state index >= 15 is 0 Å². The van der Waals surface area contributed by atoms with E-state index in [-0.39, 0.29) is 0 Å². The van der Waals surface area contributed by atoms with E-state index in [9.17, 15) is 0 Å². The van der Waals surface area contributed by atoms with E-state index in [1.54, 1.807) is 11.3 Å². The molecular weight excluding hydrogens is 344 g/mol. The van der Waals surface area contributed by atoms with Crippen molar-refractivity contribution in [2.24, 2.45) is 4.99 Å². The van der Waals surface area contributed by atoms with E-state index in [0.717, 1.165) is 45.1 Å². The minimum absolute atomic E-state index is 0.557. The highest BCUT2D eigenvalue weighted by atomic mass is 32.1. The lowest BCUT2D eigenvalue weighted by molar-refractivity contribution is 0.178. The molecule has 0 saturated carbocycles. The molecule has 0 bridgehead atoms. The number of nitrogens with one attached hydrogen (secondary N) is 2. The first kappa shape index (κ1) is 21.0. The smallest absolute Gasteiger partial charge is 0.191 e. The predicted octanol–water partition coefficient (Wildman–Crippen LogP) is 2.57. The fourth-order valence-electron chi connectivity index (χ4n) is 3.41. The first-order valence-electron chi connectivity index (χ1n) is 9.91. The second kappa shape index (κ2) is 10.7. The highest BCUT2D eigenvalue weighted by Crippen LogP contribution is 2.24. The third kappa shape index (κ3) is 6.43. The number of hydrogen-bond donors (Lipinski definition) is 2. The fourth-order valence-corrected chi connectivity index (χ4v) is 4.32. The number of aromatic nitrogens is 1. The number of guanidine groups is 1. The Bertz CT molecular complexity index is 540. The molecule has 0 aliphatic carbocycles. The van der Waals surface area contributed by atoms with Crippen molar-refractivity contribution in [2.45, 2.75) is 59.0 Å². The molecule has 0 amide bonds. The second-order valence-corrected chi connectivity index (χ2v) is 8.25. The van der Waals surface area contributed by atoms with E-state index in [2.05, 4.69) is 58.5 Å². The summed E-state index contributed by atoms with van der Waals surface area (Å²) in [5, 5.41) is 10.2. The van der Waals surface area contributed by atoms with Crippen LogP contribution in [0.1, 0.15) is 46.2 Å². The largest absolute Gasteiger partial charge is 0.356 e. The van der Waals surface area contributed by atoms with Crippen LogP contribution in [0.2, 0.25) is 0 Å². The van der Waals surface area contributed by atoms with Gasteiger partial charge in [-0.25, -0.2) is 4.98 Å². The minimum atomic E-state index is 0.557. The van der Waals surface area contributed by atoms with Gasteiger partial charge in [-0.2, -0.15) is 0 Å². The molecule has 1 aromatic heterocycles. The number of aliphatic imine (C=N–C) groups is 1. The van der Waals surface area contributed by atoms with Crippen LogP contribution in [0.25, 0.3) is 0 Å². The third-order valence-electron chi connectivity index (χ3n) is 4.80. The normalized spacial score (nSPS) is 15.5. The molecule has 26 heavy (non-hydrogen) atoms. The Kier molecular flexibility index (Phi) is 8.65. The van der Waals surface area contributed by atoms with Crippen LogP contribution in [-0.2, 0) is 6.42 Å². The second-order valence-electron chi connectivity index (χ2n) is 7.42. The van der Waals surface area contributed by atoms with E-state index in [1.165, 1.54) is 23.7 Å². The van der Waals surface area contributed by atoms with Crippen molar-refractivity contribution in [3.63, 3.8) is 0 Å². The molecule has 1 aliphatic rings. The molecule has 148 valence electrons. The molecule has 7 heteroatoms. The van der Waals surface area contributed by atoms with Crippen LogP contribution in [-0.4, -0.2) is 67.7 Å². The van der Waals surface area contributed by atoms with Gasteiger partial charge in [-0.15, -0.1) is 11.3 Å². The summed E-state index contributed by atoms with van der Waals surface area (Å²) in [5.41, 5.74) is 1.17. The van der Waals surface area contributed by atoms with Crippen molar-refractivity contribution in [3.8, 4) is 0 Å². The Balaban J connectivity index is 1.68. The molecule has 1 aliphatic heterocycles. The number of hydrogen-bond acceptors (Lipinski definition) is 5. The molecule has 1 aromatic rings. The summed E-state index contributed by atoms with van der Waals surface area (Å²) in [6.45, 7) is 14.1. The first-order chi connectivity index (χ1) is 12.5. The molecule has 0 unspecified atom stereocenters. The van der Waals surface area contributed by atoms with Crippen LogP contribution in [0, 0.1) is 0 Å². The molecule has 1 saturated heterocycles. The van der Waals surface area contributed by atoms with Crippen LogP contribution in [0.3, 0.4) is 0 Å². The van der Waals surface area contributed by atoms with Crippen LogP contribution < -0.4 is 15.5 Å². The highest BCUT2D eigenvalue weighted by molar-refractivity contribution is 7.13. The van der Waals surface area contributed by atoms with Gasteiger partial charge in [0.25, 0.3) is 0 Å². The zero-order valence-corrected chi connectivity index (χ0v) is 17.9. The quantitative estimate of drug-likeness (QED) is 0.509. The fraction of sp³-hybridized carbons (Fsp3) is 0.789. The van der Waals surface area contributed by atoms with Gasteiger partial charge in [-0.3, -0.25) is 9.89 Å². The summed E-state index contributed by atoms with van der Waals surface area (Å²) >= 11 is 1.77. The lowest BCUT2D eigenvalue weighted by atomic mass is 10.2. The van der Waals surface area contributed by atoms with Gasteiger partial charge in [-0.1, -0.05) is 0 Å². The lowest BCUT2D eigenvalue weighted by Gasteiger charge is -2.30. The molecule has 0 atom stereocenters. The Morgan fingerprint density at radius 3 is 2.46 bits per heavy atom. The molecule has 6 nitrogen and oxygen atoms in total. The minimum Gasteiger partial charge on any atom is -0.356 e. The Labute approximate surface area is 163 Å². The number of anilines is 1. The lowest BCUT2D eigenvalue weighted by Crippen LogP contribution is -2.45. The van der Waals surface area contributed by atoms with E-state index in [1.807, 2.05) is 7.05 Å². The molecule has 2 rings (SSSR count). The number of rotatable bonds is 9. The Morgan fingerprint density at radius 2 is 1.85 bits per heavy atom. The zero-order chi connectivity index (χ0) is 18.9. The SMILES string of the molecule is CN=C(NCCc1csc(N2CCCC2)n1)NCCN(C(C)C)C(C)C. The number of thiazole rings is 1. The van der Waals surface area contributed by atoms with Crippen LogP contribution in [0.15, 0.2) is 10.4 Å². The summed E-state index contributed by atoms with van der Waals surface area (Å²) < 4.78 is 0. The molecule has 0 spiro atoms. The van der Waals surface area contributed by atoms with Crippen molar-refractivity contribution in [2.75, 3.05) is 44.7 Å². The topological polar surface area (TPSA) is 55.8 Å². The standard InChI is InChI=1S/C19H36N6S/c1-15(2)25(16(3)4)13-10-22-18(20-5)21-9-8-17-14-26-19(23-17)24-11-6-7-12-24/h14-16H,6-13H2,1-5H3,(H2,20,21,22). The predicted molar refractivity (Wildman–Crippen MR) is 114 cm³/mol. The molecule has 0 aromatic carbocycles. The first-order valence-corrected chi connectivity index (χ1v) is 10.8. The third-order valence-corrected chi connectivity index (χ3v) is 5.75. The van der Waals surface area contributed by atoms with Gasteiger partial charge < -0.3 is 15.5 Å². The van der Waals surface area contributed by atoms with Crippen molar-refractivity contribution >= 4 is 22.4 Å². The molecule has 1 fully saturated rings. The molecule has 2 heterocycles. The average Bonchev–Trinajstić information content (AvgIpc) is 3.27. The van der Waals surface area contributed by atoms with Gasteiger partial charge in [0.15, 0.2) is 11.1 Å². The Morgan fingerprint density at radius 1 is 1.19 bits per heavy atom. The van der Waals surface area contributed by atoms with Gasteiger partial charge in [0, 0.05) is 63.7 Å². The van der Waals surface area contributed by atoms with Gasteiger partial charge >= 0.3 is 0 Å². The molecular formula is C19H36N6S. The average molecular weight is 381 g/mol. The van der Waals surface area contributed by atoms with Crippen molar-refractivity contribution in [1.82, 2.24) is 20.5 Å².